The van der Waals surface area contributed by atoms with Gasteiger partial charge in [-0.25, -0.2) is 17.5 Å². The van der Waals surface area contributed by atoms with E-state index in [2.05, 4.69) is 4.72 Å². The van der Waals surface area contributed by atoms with Crippen LogP contribution >= 0.6 is 0 Å². The van der Waals surface area contributed by atoms with Crippen LogP contribution in [0.3, 0.4) is 0 Å². The van der Waals surface area contributed by atoms with Gasteiger partial charge in [0.2, 0.25) is 10.0 Å². The normalized spacial score (nSPS) is 11.5. The van der Waals surface area contributed by atoms with Crippen LogP contribution in [-0.2, 0) is 27.9 Å². The van der Waals surface area contributed by atoms with E-state index in [4.69, 9.17) is 4.74 Å². The molecule has 0 fully saturated rings. The summed E-state index contributed by atoms with van der Waals surface area (Å²) < 4.78 is 45.1. The van der Waals surface area contributed by atoms with Crippen LogP contribution in [0, 0.1) is 5.82 Å². The number of halogens is 1. The van der Waals surface area contributed by atoms with E-state index < -0.39 is 15.8 Å². The second-order valence-electron chi connectivity index (χ2n) is 4.51. The average molecular weight is 309 g/mol. The molecule has 2 rings (SSSR count). The molecule has 0 aliphatic rings. The van der Waals surface area contributed by atoms with Crippen molar-refractivity contribution >= 4 is 10.0 Å². The van der Waals surface area contributed by atoms with Crippen molar-refractivity contribution in [3.63, 3.8) is 0 Å². The molecule has 4 nitrogen and oxygen atoms in total. The van der Waals surface area contributed by atoms with Crippen LogP contribution in [0.5, 0.6) is 0 Å². The lowest BCUT2D eigenvalue weighted by Gasteiger charge is -2.08. The van der Waals surface area contributed by atoms with Crippen LogP contribution in [0.2, 0.25) is 0 Å². The Kier molecular flexibility index (Phi) is 5.06. The maximum absolute atomic E-state index is 13.5. The number of benzene rings is 2. The molecule has 1 N–H and O–H groups in total. The summed E-state index contributed by atoms with van der Waals surface area (Å²) in [5, 5.41) is 0. The Morgan fingerprint density at radius 1 is 1.10 bits per heavy atom. The number of rotatable bonds is 6. The molecule has 21 heavy (non-hydrogen) atoms. The van der Waals surface area contributed by atoms with E-state index in [1.807, 2.05) is 18.2 Å². The Bertz CT molecular complexity index is 716. The molecule has 112 valence electrons. The molecule has 0 radical (unpaired) electrons. The Labute approximate surface area is 123 Å². The number of ether oxygens (including phenoxy) is 1. The first-order chi connectivity index (χ1) is 10.0. The largest absolute Gasteiger partial charge is 0.380 e. The number of hydrogen-bond donors (Lipinski definition) is 1. The standard InChI is InChI=1S/C15H16FNO3S/c1-20-11-13-6-4-5-12(9-13)10-17-21(18,19)15-8-3-2-7-14(15)16/h2-9,17H,10-11H2,1H3. The van der Waals surface area contributed by atoms with Crippen molar-refractivity contribution in [1.82, 2.24) is 4.72 Å². The fraction of sp³-hybridized carbons (Fsp3) is 0.200. The molecular weight excluding hydrogens is 293 g/mol. The maximum Gasteiger partial charge on any atom is 0.243 e. The van der Waals surface area contributed by atoms with Crippen LogP contribution in [-0.4, -0.2) is 15.5 Å². The third-order valence-electron chi connectivity index (χ3n) is 2.89. The minimum Gasteiger partial charge on any atom is -0.380 e. The summed E-state index contributed by atoms with van der Waals surface area (Å²) in [6.07, 6.45) is 0. The minimum atomic E-state index is -3.87. The zero-order chi connectivity index (χ0) is 15.3. The number of sulfonamides is 1. The first kappa shape index (κ1) is 15.6. The lowest BCUT2D eigenvalue weighted by Crippen LogP contribution is -2.24. The Balaban J connectivity index is 2.12. The van der Waals surface area contributed by atoms with E-state index in [0.29, 0.717) is 6.61 Å². The fourth-order valence-electron chi connectivity index (χ4n) is 1.91. The highest BCUT2D eigenvalue weighted by atomic mass is 32.2. The molecule has 2 aromatic carbocycles. The third-order valence-corrected chi connectivity index (χ3v) is 4.33. The van der Waals surface area contributed by atoms with Gasteiger partial charge in [-0.2, -0.15) is 0 Å². The van der Waals surface area contributed by atoms with Gasteiger partial charge >= 0.3 is 0 Å². The number of hydrogen-bond acceptors (Lipinski definition) is 3. The van der Waals surface area contributed by atoms with Gasteiger partial charge in [0.1, 0.15) is 10.7 Å². The molecule has 0 spiro atoms. The van der Waals surface area contributed by atoms with Crippen LogP contribution < -0.4 is 4.72 Å². The predicted molar refractivity (Wildman–Crippen MR) is 77.6 cm³/mol. The summed E-state index contributed by atoms with van der Waals surface area (Å²) >= 11 is 0. The van der Waals surface area contributed by atoms with E-state index in [0.717, 1.165) is 17.2 Å². The summed E-state index contributed by atoms with van der Waals surface area (Å²) in [6, 6.07) is 12.6. The zero-order valence-corrected chi connectivity index (χ0v) is 12.4. The lowest BCUT2D eigenvalue weighted by atomic mass is 10.1. The van der Waals surface area contributed by atoms with Gasteiger partial charge in [0, 0.05) is 13.7 Å². The summed E-state index contributed by atoms with van der Waals surface area (Å²) in [5.41, 5.74) is 1.73. The first-order valence-electron chi connectivity index (χ1n) is 6.34. The molecule has 0 amide bonds. The highest BCUT2D eigenvalue weighted by Crippen LogP contribution is 2.14. The summed E-state index contributed by atoms with van der Waals surface area (Å²) in [4.78, 5) is -0.349. The van der Waals surface area contributed by atoms with Crippen molar-refractivity contribution < 1.29 is 17.5 Å². The average Bonchev–Trinajstić information content (AvgIpc) is 2.46. The van der Waals surface area contributed by atoms with Crippen molar-refractivity contribution in [3.05, 3.63) is 65.5 Å². The monoisotopic (exact) mass is 309 g/mol. The molecule has 0 saturated heterocycles. The van der Waals surface area contributed by atoms with Crippen molar-refractivity contribution in [2.24, 2.45) is 0 Å². The maximum atomic E-state index is 13.5. The van der Waals surface area contributed by atoms with Gasteiger partial charge in [0.05, 0.1) is 6.61 Å². The topological polar surface area (TPSA) is 55.4 Å². The van der Waals surface area contributed by atoms with E-state index in [1.54, 1.807) is 13.2 Å². The van der Waals surface area contributed by atoms with Gasteiger partial charge in [-0.1, -0.05) is 36.4 Å². The summed E-state index contributed by atoms with van der Waals surface area (Å²) in [6.45, 7) is 0.544. The predicted octanol–water partition coefficient (Wildman–Crippen LogP) is 2.45. The third kappa shape index (κ3) is 4.10. The van der Waals surface area contributed by atoms with Crippen molar-refractivity contribution in [3.8, 4) is 0 Å². The van der Waals surface area contributed by atoms with E-state index in [9.17, 15) is 12.8 Å². The smallest absolute Gasteiger partial charge is 0.243 e. The SMILES string of the molecule is COCc1cccc(CNS(=O)(=O)c2ccccc2F)c1. The molecule has 0 aliphatic carbocycles. The molecular formula is C15H16FNO3S. The molecule has 0 unspecified atom stereocenters. The molecule has 2 aromatic rings. The van der Waals surface area contributed by atoms with Crippen LogP contribution in [0.4, 0.5) is 4.39 Å². The van der Waals surface area contributed by atoms with Crippen molar-refractivity contribution in [2.75, 3.05) is 7.11 Å². The Morgan fingerprint density at radius 3 is 2.52 bits per heavy atom. The van der Waals surface area contributed by atoms with Gasteiger partial charge in [-0.15, -0.1) is 0 Å². The molecule has 0 atom stereocenters. The van der Waals surface area contributed by atoms with E-state index >= 15 is 0 Å². The zero-order valence-electron chi connectivity index (χ0n) is 11.5. The van der Waals surface area contributed by atoms with Crippen LogP contribution in [0.25, 0.3) is 0 Å². The Morgan fingerprint density at radius 2 is 1.81 bits per heavy atom. The van der Waals surface area contributed by atoms with Gasteiger partial charge in [-0.05, 0) is 23.3 Å². The van der Waals surface area contributed by atoms with Gasteiger partial charge in [0.15, 0.2) is 0 Å². The number of nitrogens with one attached hydrogen (secondary N) is 1. The fourth-order valence-corrected chi connectivity index (χ4v) is 3.01. The highest BCUT2D eigenvalue weighted by Gasteiger charge is 2.17. The van der Waals surface area contributed by atoms with E-state index in [-0.39, 0.29) is 11.4 Å². The Hall–Kier alpha value is -1.76. The molecule has 6 heteroatoms. The molecule has 0 heterocycles. The molecule has 0 saturated carbocycles. The van der Waals surface area contributed by atoms with E-state index in [1.165, 1.54) is 18.2 Å². The summed E-state index contributed by atoms with van der Waals surface area (Å²) in [5.74, 6) is -0.766. The highest BCUT2D eigenvalue weighted by molar-refractivity contribution is 7.89. The summed E-state index contributed by atoms with van der Waals surface area (Å²) in [7, 11) is -2.28. The van der Waals surface area contributed by atoms with Crippen LogP contribution in [0.1, 0.15) is 11.1 Å². The first-order valence-corrected chi connectivity index (χ1v) is 7.82. The quantitative estimate of drug-likeness (QED) is 0.892. The van der Waals surface area contributed by atoms with Gasteiger partial charge < -0.3 is 4.74 Å². The van der Waals surface area contributed by atoms with Crippen molar-refractivity contribution in [1.29, 1.82) is 0 Å². The van der Waals surface area contributed by atoms with Crippen LogP contribution in [0.15, 0.2) is 53.4 Å². The molecule has 0 aliphatic heterocycles. The second kappa shape index (κ2) is 6.80. The van der Waals surface area contributed by atoms with Crippen molar-refractivity contribution in [2.45, 2.75) is 18.0 Å². The molecule has 0 aromatic heterocycles. The number of methoxy groups -OCH3 is 1. The second-order valence-corrected chi connectivity index (χ2v) is 6.24. The minimum absolute atomic E-state index is 0.0915. The molecule has 0 bridgehead atoms. The lowest BCUT2D eigenvalue weighted by molar-refractivity contribution is 0.185. The van der Waals surface area contributed by atoms with Gasteiger partial charge in [-0.3, -0.25) is 0 Å². The van der Waals surface area contributed by atoms with Gasteiger partial charge in [0.25, 0.3) is 0 Å².